The van der Waals surface area contributed by atoms with Crippen LogP contribution in [0.2, 0.25) is 0 Å². The van der Waals surface area contributed by atoms with Gasteiger partial charge in [0.2, 0.25) is 0 Å². The number of rotatable bonds is 3. The predicted octanol–water partition coefficient (Wildman–Crippen LogP) is 1.18. The van der Waals surface area contributed by atoms with Gasteiger partial charge in [-0.3, -0.25) is 0 Å². The summed E-state index contributed by atoms with van der Waals surface area (Å²) >= 11 is 0. The van der Waals surface area contributed by atoms with Crippen molar-refractivity contribution in [2.75, 3.05) is 13.6 Å². The molecule has 1 atom stereocenters. The lowest BCUT2D eigenvalue weighted by Crippen LogP contribution is -2.29. The van der Waals surface area contributed by atoms with Gasteiger partial charge in [0.25, 0.3) is 0 Å². The molecule has 0 saturated carbocycles. The first-order valence-corrected chi connectivity index (χ1v) is 5.79. The first-order chi connectivity index (χ1) is 7.22. The fraction of sp³-hybridized carbons (Fsp3) is 0.818. The lowest BCUT2D eigenvalue weighted by atomic mass is 9.99. The number of hydrogen-bond acceptors (Lipinski definition) is 3. The zero-order valence-corrected chi connectivity index (χ0v) is 9.82. The van der Waals surface area contributed by atoms with E-state index in [2.05, 4.69) is 33.9 Å². The summed E-state index contributed by atoms with van der Waals surface area (Å²) in [7, 11) is 2.02. The van der Waals surface area contributed by atoms with Crippen molar-refractivity contribution in [1.29, 1.82) is 0 Å². The Labute approximate surface area is 91.1 Å². The van der Waals surface area contributed by atoms with Gasteiger partial charge in [0, 0.05) is 18.9 Å². The predicted molar refractivity (Wildman–Crippen MR) is 59.8 cm³/mol. The average Bonchev–Trinajstić information content (AvgIpc) is 2.61. The van der Waals surface area contributed by atoms with Crippen molar-refractivity contribution in [3.05, 3.63) is 11.6 Å². The molecule has 0 aliphatic carbocycles. The molecule has 2 rings (SSSR count). The van der Waals surface area contributed by atoms with Gasteiger partial charge in [0.05, 0.1) is 0 Å². The van der Waals surface area contributed by atoms with Crippen molar-refractivity contribution in [1.82, 2.24) is 20.1 Å². The number of aromatic nitrogens is 3. The molecule has 1 aliphatic heterocycles. The second-order valence-corrected chi connectivity index (χ2v) is 4.70. The van der Waals surface area contributed by atoms with Gasteiger partial charge in [-0.25, -0.2) is 0 Å². The molecule has 4 nitrogen and oxygen atoms in total. The Morgan fingerprint density at radius 1 is 1.47 bits per heavy atom. The van der Waals surface area contributed by atoms with Crippen LogP contribution in [0, 0.1) is 5.92 Å². The van der Waals surface area contributed by atoms with Crippen molar-refractivity contribution in [3.63, 3.8) is 0 Å². The van der Waals surface area contributed by atoms with E-state index in [9.17, 15) is 0 Å². The van der Waals surface area contributed by atoms with Crippen LogP contribution in [0.15, 0.2) is 0 Å². The fourth-order valence-corrected chi connectivity index (χ4v) is 2.30. The topological polar surface area (TPSA) is 42.7 Å². The van der Waals surface area contributed by atoms with Gasteiger partial charge >= 0.3 is 0 Å². The van der Waals surface area contributed by atoms with Gasteiger partial charge in [-0.05, 0) is 25.9 Å². The van der Waals surface area contributed by atoms with E-state index in [0.29, 0.717) is 5.92 Å². The van der Waals surface area contributed by atoms with Crippen LogP contribution in [-0.2, 0) is 13.0 Å². The molecule has 84 valence electrons. The van der Waals surface area contributed by atoms with Crippen LogP contribution in [0.3, 0.4) is 0 Å². The van der Waals surface area contributed by atoms with Crippen LogP contribution < -0.4 is 5.32 Å². The maximum absolute atomic E-state index is 4.28. The Hall–Kier alpha value is -0.900. The van der Waals surface area contributed by atoms with Crippen molar-refractivity contribution < 1.29 is 0 Å². The first kappa shape index (κ1) is 10.6. The maximum Gasteiger partial charge on any atom is 0.135 e. The molecule has 0 saturated heterocycles. The lowest BCUT2D eigenvalue weighted by molar-refractivity contribution is 0.348. The number of nitrogens with one attached hydrogen (secondary N) is 1. The largest absolute Gasteiger partial charge is 0.319 e. The Morgan fingerprint density at radius 2 is 2.27 bits per heavy atom. The number of fused-ring (bicyclic) bond motifs is 1. The van der Waals surface area contributed by atoms with Crippen molar-refractivity contribution in [3.8, 4) is 0 Å². The van der Waals surface area contributed by atoms with Crippen LogP contribution >= 0.6 is 0 Å². The molecular formula is C11H20N4. The minimum absolute atomic E-state index is 0.472. The third kappa shape index (κ3) is 2.04. The smallest absolute Gasteiger partial charge is 0.135 e. The minimum atomic E-state index is 0.472. The monoisotopic (exact) mass is 208 g/mol. The number of aryl methyl sites for hydroxylation is 1. The average molecular weight is 208 g/mol. The van der Waals surface area contributed by atoms with Crippen LogP contribution in [0.1, 0.15) is 37.8 Å². The molecule has 0 spiro atoms. The van der Waals surface area contributed by atoms with Gasteiger partial charge in [-0.15, -0.1) is 10.2 Å². The molecule has 0 amide bonds. The molecule has 2 heterocycles. The highest BCUT2D eigenvalue weighted by molar-refractivity contribution is 5.03. The third-order valence-corrected chi connectivity index (χ3v) is 3.08. The standard InChI is InChI=1S/C11H20N4/c1-8(2)11-14-13-10-5-4-9(6-12-3)7-15(10)11/h8-9,12H,4-7H2,1-3H3/t9-/m0/s1. The summed E-state index contributed by atoms with van der Waals surface area (Å²) in [4.78, 5) is 0. The second-order valence-electron chi connectivity index (χ2n) is 4.70. The Bertz CT molecular complexity index is 329. The highest BCUT2D eigenvalue weighted by atomic mass is 15.3. The van der Waals surface area contributed by atoms with E-state index in [1.165, 1.54) is 12.2 Å². The Morgan fingerprint density at radius 3 is 2.93 bits per heavy atom. The number of nitrogens with zero attached hydrogens (tertiary/aromatic N) is 3. The maximum atomic E-state index is 4.28. The van der Waals surface area contributed by atoms with E-state index in [-0.39, 0.29) is 0 Å². The minimum Gasteiger partial charge on any atom is -0.319 e. The second kappa shape index (κ2) is 4.31. The van der Waals surface area contributed by atoms with Gasteiger partial charge in [0.1, 0.15) is 11.6 Å². The summed E-state index contributed by atoms with van der Waals surface area (Å²) in [5.41, 5.74) is 0. The molecule has 0 unspecified atom stereocenters. The number of hydrogen-bond donors (Lipinski definition) is 1. The normalized spacial score (nSPS) is 20.7. The Balaban J connectivity index is 2.18. The zero-order chi connectivity index (χ0) is 10.8. The fourth-order valence-electron chi connectivity index (χ4n) is 2.30. The van der Waals surface area contributed by atoms with Crippen LogP contribution in [0.4, 0.5) is 0 Å². The summed E-state index contributed by atoms with van der Waals surface area (Å²) in [6.45, 7) is 6.53. The molecule has 4 heteroatoms. The summed E-state index contributed by atoms with van der Waals surface area (Å²) in [6.07, 6.45) is 2.31. The third-order valence-electron chi connectivity index (χ3n) is 3.08. The summed E-state index contributed by atoms with van der Waals surface area (Å²) in [5.74, 6) is 3.52. The van der Waals surface area contributed by atoms with E-state index >= 15 is 0 Å². The lowest BCUT2D eigenvalue weighted by Gasteiger charge is -2.24. The van der Waals surface area contributed by atoms with Gasteiger partial charge in [0.15, 0.2) is 0 Å². The molecule has 0 aromatic carbocycles. The van der Waals surface area contributed by atoms with Gasteiger partial charge in [-0.1, -0.05) is 13.8 Å². The SMILES string of the molecule is CNC[C@@H]1CCc2nnc(C(C)C)n2C1. The highest BCUT2D eigenvalue weighted by Gasteiger charge is 2.23. The van der Waals surface area contributed by atoms with E-state index in [1.54, 1.807) is 0 Å². The zero-order valence-electron chi connectivity index (χ0n) is 9.82. The molecule has 15 heavy (non-hydrogen) atoms. The van der Waals surface area contributed by atoms with E-state index in [4.69, 9.17) is 0 Å². The Kier molecular flexibility index (Phi) is 3.05. The van der Waals surface area contributed by atoms with Gasteiger partial charge in [-0.2, -0.15) is 0 Å². The molecule has 1 aliphatic rings. The first-order valence-electron chi connectivity index (χ1n) is 5.79. The summed E-state index contributed by atoms with van der Waals surface area (Å²) in [6, 6.07) is 0. The van der Waals surface area contributed by atoms with E-state index in [0.717, 1.165) is 31.3 Å². The van der Waals surface area contributed by atoms with Crippen molar-refractivity contribution >= 4 is 0 Å². The quantitative estimate of drug-likeness (QED) is 0.811. The van der Waals surface area contributed by atoms with Crippen LogP contribution in [0.25, 0.3) is 0 Å². The van der Waals surface area contributed by atoms with Crippen molar-refractivity contribution in [2.24, 2.45) is 5.92 Å². The van der Waals surface area contributed by atoms with Gasteiger partial charge < -0.3 is 9.88 Å². The molecule has 0 bridgehead atoms. The van der Waals surface area contributed by atoms with E-state index < -0.39 is 0 Å². The van der Waals surface area contributed by atoms with E-state index in [1.807, 2.05) is 7.05 Å². The summed E-state index contributed by atoms with van der Waals surface area (Å²) in [5, 5.41) is 11.8. The molecule has 0 fully saturated rings. The molecular weight excluding hydrogens is 188 g/mol. The molecule has 1 aromatic rings. The van der Waals surface area contributed by atoms with Crippen molar-refractivity contribution in [2.45, 2.75) is 39.2 Å². The summed E-state index contributed by atoms with van der Waals surface area (Å²) < 4.78 is 2.32. The molecule has 1 aromatic heterocycles. The van der Waals surface area contributed by atoms with Crippen LogP contribution in [0.5, 0.6) is 0 Å². The molecule has 1 N–H and O–H groups in total. The highest BCUT2D eigenvalue weighted by Crippen LogP contribution is 2.22. The molecule has 0 radical (unpaired) electrons. The van der Waals surface area contributed by atoms with Crippen LogP contribution in [-0.4, -0.2) is 28.4 Å².